The molecule has 0 aliphatic heterocycles. The van der Waals surface area contributed by atoms with Gasteiger partial charge in [0.05, 0.1) is 23.4 Å². The predicted octanol–water partition coefficient (Wildman–Crippen LogP) is 1.97. The van der Waals surface area contributed by atoms with E-state index in [9.17, 15) is 9.90 Å². The molecule has 1 fully saturated rings. The zero-order valence-electron chi connectivity index (χ0n) is 16.6. The number of aromatic nitrogens is 5. The lowest BCUT2D eigenvalue weighted by Crippen LogP contribution is -2.50. The highest BCUT2D eigenvalue weighted by molar-refractivity contribution is 6.00. The average Bonchev–Trinajstić information content (AvgIpc) is 3.39. The van der Waals surface area contributed by atoms with Crippen LogP contribution in [0.3, 0.4) is 0 Å². The van der Waals surface area contributed by atoms with Crippen molar-refractivity contribution < 1.29 is 9.90 Å². The molecule has 1 amide bonds. The molecule has 152 valence electrons. The van der Waals surface area contributed by atoms with Crippen LogP contribution in [0.25, 0.3) is 16.9 Å². The Morgan fingerprint density at radius 3 is 2.70 bits per heavy atom. The van der Waals surface area contributed by atoms with Crippen molar-refractivity contribution in [3.63, 3.8) is 0 Å². The number of hydrogen-bond donors (Lipinski definition) is 2. The predicted molar refractivity (Wildman–Crippen MR) is 111 cm³/mol. The topological polar surface area (TPSA) is 97.3 Å². The van der Waals surface area contributed by atoms with Crippen LogP contribution in [0.5, 0.6) is 0 Å². The van der Waals surface area contributed by atoms with Crippen LogP contribution in [0.2, 0.25) is 0 Å². The minimum atomic E-state index is -0.469. The second kappa shape index (κ2) is 7.38. The third-order valence-corrected chi connectivity index (χ3v) is 5.60. The lowest BCUT2D eigenvalue weighted by atomic mass is 9.89. The van der Waals surface area contributed by atoms with Gasteiger partial charge in [-0.1, -0.05) is 24.3 Å². The number of pyridine rings is 1. The standard InChI is InChI=1S/C22H22N6O2/c1-27-9-8-18(26-27)16-4-2-14(3-5-16)10-15-11-17(21-23-13-24-28(21)12-15)22(30)25-19-6-7-20(19)29/h2-5,8-9,11-13,19-20,29H,6-7,10H2,1H3,(H,25,30)/t19-,20-/m1/s1. The summed E-state index contributed by atoms with van der Waals surface area (Å²) in [7, 11) is 1.90. The normalized spacial score (nSPS) is 18.3. The summed E-state index contributed by atoms with van der Waals surface area (Å²) in [5.74, 6) is -0.232. The lowest BCUT2D eigenvalue weighted by Gasteiger charge is -2.32. The van der Waals surface area contributed by atoms with Gasteiger partial charge in [0.15, 0.2) is 5.65 Å². The van der Waals surface area contributed by atoms with E-state index in [0.29, 0.717) is 17.6 Å². The van der Waals surface area contributed by atoms with Gasteiger partial charge in [-0.3, -0.25) is 9.48 Å². The summed E-state index contributed by atoms with van der Waals surface area (Å²) >= 11 is 0. The summed E-state index contributed by atoms with van der Waals surface area (Å²) in [6, 6.07) is 11.9. The van der Waals surface area contributed by atoms with Gasteiger partial charge in [0.25, 0.3) is 5.91 Å². The van der Waals surface area contributed by atoms with Crippen LogP contribution in [0, 0.1) is 0 Å². The van der Waals surface area contributed by atoms with E-state index in [1.165, 1.54) is 6.33 Å². The molecule has 4 aromatic rings. The van der Waals surface area contributed by atoms with Crippen LogP contribution in [0.15, 0.2) is 55.1 Å². The number of aliphatic hydroxyl groups is 1. The van der Waals surface area contributed by atoms with Crippen molar-refractivity contribution in [2.24, 2.45) is 7.05 Å². The highest BCUT2D eigenvalue weighted by Crippen LogP contribution is 2.22. The summed E-state index contributed by atoms with van der Waals surface area (Å²) < 4.78 is 3.41. The Bertz CT molecular complexity index is 1210. The first-order valence-electron chi connectivity index (χ1n) is 9.97. The van der Waals surface area contributed by atoms with Crippen LogP contribution in [-0.2, 0) is 13.5 Å². The molecule has 0 unspecified atom stereocenters. The van der Waals surface area contributed by atoms with Crippen molar-refractivity contribution >= 4 is 11.6 Å². The highest BCUT2D eigenvalue weighted by Gasteiger charge is 2.31. The summed E-state index contributed by atoms with van der Waals surface area (Å²) in [6.07, 6.45) is 6.96. The summed E-state index contributed by atoms with van der Waals surface area (Å²) in [4.78, 5) is 17.0. The van der Waals surface area contributed by atoms with E-state index in [2.05, 4.69) is 44.8 Å². The van der Waals surface area contributed by atoms with Crippen molar-refractivity contribution in [1.82, 2.24) is 29.7 Å². The zero-order valence-corrected chi connectivity index (χ0v) is 16.6. The van der Waals surface area contributed by atoms with Crippen LogP contribution in [-0.4, -0.2) is 47.5 Å². The van der Waals surface area contributed by atoms with Crippen LogP contribution in [0.4, 0.5) is 0 Å². The molecule has 30 heavy (non-hydrogen) atoms. The van der Waals surface area contributed by atoms with Gasteiger partial charge < -0.3 is 10.4 Å². The summed E-state index contributed by atoms with van der Waals surface area (Å²) in [6.45, 7) is 0. The Hall–Kier alpha value is -3.52. The maximum Gasteiger partial charge on any atom is 0.255 e. The smallest absolute Gasteiger partial charge is 0.255 e. The molecule has 0 bridgehead atoms. The fourth-order valence-electron chi connectivity index (χ4n) is 3.74. The minimum Gasteiger partial charge on any atom is -0.391 e. The first-order chi connectivity index (χ1) is 14.6. The quantitative estimate of drug-likeness (QED) is 0.532. The number of nitrogens with zero attached hydrogens (tertiary/aromatic N) is 5. The number of rotatable bonds is 5. The molecule has 3 heterocycles. The van der Waals surface area contributed by atoms with Gasteiger partial charge in [0.1, 0.15) is 6.33 Å². The molecule has 1 aliphatic rings. The fourth-order valence-corrected chi connectivity index (χ4v) is 3.74. The van der Waals surface area contributed by atoms with Gasteiger partial charge in [-0.05, 0) is 42.5 Å². The number of benzene rings is 1. The first kappa shape index (κ1) is 18.5. The summed E-state index contributed by atoms with van der Waals surface area (Å²) in [5, 5.41) is 21.3. The molecule has 8 heteroatoms. The second-order valence-electron chi connectivity index (χ2n) is 7.76. The Kier molecular flexibility index (Phi) is 4.55. The molecule has 8 nitrogen and oxygen atoms in total. The zero-order chi connectivity index (χ0) is 20.7. The largest absolute Gasteiger partial charge is 0.391 e. The summed E-state index contributed by atoms with van der Waals surface area (Å²) in [5.41, 5.74) is 5.05. The Balaban J connectivity index is 1.40. The number of amides is 1. The third-order valence-electron chi connectivity index (χ3n) is 5.60. The van der Waals surface area contributed by atoms with E-state index in [0.717, 1.165) is 35.2 Å². The minimum absolute atomic E-state index is 0.191. The van der Waals surface area contributed by atoms with E-state index in [1.54, 1.807) is 9.20 Å². The number of carbonyl (C=O) groups is 1. The molecule has 0 radical (unpaired) electrons. The molecule has 0 saturated heterocycles. The Morgan fingerprint density at radius 1 is 1.20 bits per heavy atom. The second-order valence-corrected chi connectivity index (χ2v) is 7.76. The Labute approximate surface area is 173 Å². The van der Waals surface area contributed by atoms with Gasteiger partial charge in [0, 0.05) is 25.0 Å². The Morgan fingerprint density at radius 2 is 2.03 bits per heavy atom. The van der Waals surface area contributed by atoms with Gasteiger partial charge in [-0.2, -0.15) is 10.2 Å². The molecule has 0 spiro atoms. The number of aliphatic hydroxyl groups excluding tert-OH is 1. The molecular formula is C22H22N6O2. The molecule has 5 rings (SSSR count). The van der Waals surface area contributed by atoms with Gasteiger partial charge in [-0.25, -0.2) is 9.50 Å². The number of fused-ring (bicyclic) bond motifs is 1. The SMILES string of the molecule is Cn1ccc(-c2ccc(Cc3cc(C(=O)N[C@@H]4CC[C@H]4O)c4ncnn4c3)cc2)n1. The van der Waals surface area contributed by atoms with Crippen LogP contribution >= 0.6 is 0 Å². The van der Waals surface area contributed by atoms with Gasteiger partial charge in [-0.15, -0.1) is 0 Å². The number of nitrogens with one attached hydrogen (secondary N) is 1. The molecule has 2 N–H and O–H groups in total. The third kappa shape index (κ3) is 3.46. The molecule has 3 aromatic heterocycles. The van der Waals surface area contributed by atoms with E-state index in [4.69, 9.17) is 0 Å². The maximum absolute atomic E-state index is 12.8. The van der Waals surface area contributed by atoms with E-state index < -0.39 is 6.10 Å². The molecule has 1 saturated carbocycles. The van der Waals surface area contributed by atoms with Crippen molar-refractivity contribution in [2.45, 2.75) is 31.4 Å². The van der Waals surface area contributed by atoms with E-state index >= 15 is 0 Å². The highest BCUT2D eigenvalue weighted by atomic mass is 16.3. The molecule has 1 aliphatic carbocycles. The average molecular weight is 402 g/mol. The van der Waals surface area contributed by atoms with Crippen molar-refractivity contribution in [2.75, 3.05) is 0 Å². The van der Waals surface area contributed by atoms with E-state index in [1.807, 2.05) is 31.6 Å². The van der Waals surface area contributed by atoms with Crippen molar-refractivity contribution in [1.29, 1.82) is 0 Å². The van der Waals surface area contributed by atoms with Gasteiger partial charge in [0.2, 0.25) is 0 Å². The van der Waals surface area contributed by atoms with Crippen LogP contribution < -0.4 is 5.32 Å². The fraction of sp³-hybridized carbons (Fsp3) is 0.273. The van der Waals surface area contributed by atoms with Crippen molar-refractivity contribution in [3.8, 4) is 11.3 Å². The number of aryl methyl sites for hydroxylation is 1. The van der Waals surface area contributed by atoms with Crippen molar-refractivity contribution in [3.05, 3.63) is 71.8 Å². The molecule has 1 aromatic carbocycles. The number of carbonyl (C=O) groups excluding carboxylic acids is 1. The maximum atomic E-state index is 12.8. The van der Waals surface area contributed by atoms with Gasteiger partial charge >= 0.3 is 0 Å². The van der Waals surface area contributed by atoms with E-state index in [-0.39, 0.29) is 11.9 Å². The number of hydrogen-bond acceptors (Lipinski definition) is 5. The molecular weight excluding hydrogens is 380 g/mol. The molecule has 2 atom stereocenters. The van der Waals surface area contributed by atoms with Crippen LogP contribution in [0.1, 0.15) is 34.3 Å². The monoisotopic (exact) mass is 402 g/mol. The first-order valence-corrected chi connectivity index (χ1v) is 9.97. The lowest BCUT2D eigenvalue weighted by molar-refractivity contribution is 0.0448.